The van der Waals surface area contributed by atoms with Gasteiger partial charge >= 0.3 is 0 Å². The molecule has 3 aromatic rings. The average molecular weight is 396 g/mol. The molecule has 30 heavy (non-hydrogen) atoms. The Kier molecular flexibility index (Phi) is 3.40. The average Bonchev–Trinajstić information content (AvgIpc) is 3.24. The van der Waals surface area contributed by atoms with Crippen molar-refractivity contribution >= 4 is 23.2 Å². The van der Waals surface area contributed by atoms with Gasteiger partial charge in [0.25, 0.3) is 0 Å². The molecule has 0 saturated heterocycles. The Morgan fingerprint density at radius 3 is 2.57 bits per heavy atom. The minimum atomic E-state index is -1.17. The number of fused-ring (bicyclic) bond motifs is 5. The Hall–Kier alpha value is -3.67. The van der Waals surface area contributed by atoms with Gasteiger partial charge in [-0.3, -0.25) is 9.59 Å². The summed E-state index contributed by atoms with van der Waals surface area (Å²) in [5.74, 6) is 0.622. The number of hydrogen-bond donors (Lipinski definition) is 2. The molecule has 3 heterocycles. The summed E-state index contributed by atoms with van der Waals surface area (Å²) in [6.45, 7) is 1.91. The van der Waals surface area contributed by atoms with Crippen LogP contribution in [0, 0.1) is 6.92 Å². The molecule has 1 aromatic heterocycles. The standard InChI is InChI=1S/C24H20N4O2/c1-14-20-22(28(27-14)15-8-3-2-4-9-15)25-18-12-7-13-19(29)21(18)24(20)16-10-5-6-11-17(16)26-23(24)30/h2-6,8-11,25H,7,12-13H2,1H3,(H,26,30)/t24-/m1/s1. The van der Waals surface area contributed by atoms with E-state index in [-0.39, 0.29) is 11.7 Å². The zero-order valence-corrected chi connectivity index (χ0v) is 16.5. The van der Waals surface area contributed by atoms with Crippen LogP contribution >= 0.6 is 0 Å². The van der Waals surface area contributed by atoms with Gasteiger partial charge in [0.1, 0.15) is 11.2 Å². The normalized spacial score (nSPS) is 21.8. The van der Waals surface area contributed by atoms with Crippen molar-refractivity contribution in [3.63, 3.8) is 0 Å². The highest BCUT2D eigenvalue weighted by Crippen LogP contribution is 2.56. The SMILES string of the molecule is Cc1nn(-c2ccccc2)c2c1[C@@]1(C(=O)Nc3ccccc31)C1=C(CCCC1=O)N2. The Labute approximate surface area is 173 Å². The topological polar surface area (TPSA) is 76.0 Å². The number of amides is 1. The van der Waals surface area contributed by atoms with Gasteiger partial charge in [0.15, 0.2) is 5.78 Å². The predicted octanol–water partition coefficient (Wildman–Crippen LogP) is 3.85. The second-order valence-corrected chi connectivity index (χ2v) is 8.06. The number of nitrogens with zero attached hydrogens (tertiary/aromatic N) is 2. The molecule has 1 atom stereocenters. The maximum atomic E-state index is 13.7. The van der Waals surface area contributed by atoms with E-state index in [0.29, 0.717) is 12.0 Å². The van der Waals surface area contributed by atoms with E-state index in [0.717, 1.165) is 52.6 Å². The molecule has 0 bridgehead atoms. The van der Waals surface area contributed by atoms with Crippen molar-refractivity contribution < 1.29 is 9.59 Å². The van der Waals surface area contributed by atoms with Crippen LogP contribution in [0.5, 0.6) is 0 Å². The number of rotatable bonds is 1. The van der Waals surface area contributed by atoms with E-state index in [4.69, 9.17) is 5.10 Å². The second-order valence-electron chi connectivity index (χ2n) is 8.06. The van der Waals surface area contributed by atoms with Gasteiger partial charge in [-0.2, -0.15) is 5.10 Å². The quantitative estimate of drug-likeness (QED) is 0.655. The van der Waals surface area contributed by atoms with Gasteiger partial charge in [-0.25, -0.2) is 4.68 Å². The van der Waals surface area contributed by atoms with Gasteiger partial charge < -0.3 is 10.6 Å². The fourth-order valence-electron chi connectivity index (χ4n) is 5.27. The number of carbonyl (C=O) groups is 2. The zero-order valence-electron chi connectivity index (χ0n) is 16.5. The lowest BCUT2D eigenvalue weighted by Gasteiger charge is -2.38. The number of Topliss-reactive ketones (excluding diaryl/α,β-unsaturated/α-hetero) is 1. The van der Waals surface area contributed by atoms with E-state index in [9.17, 15) is 9.59 Å². The van der Waals surface area contributed by atoms with Crippen molar-refractivity contribution in [1.82, 2.24) is 9.78 Å². The van der Waals surface area contributed by atoms with Crippen LogP contribution in [0.15, 0.2) is 65.9 Å². The molecule has 148 valence electrons. The fraction of sp³-hybridized carbons (Fsp3) is 0.208. The molecule has 2 N–H and O–H groups in total. The molecule has 0 unspecified atom stereocenters. The number of allylic oxidation sites excluding steroid dienone is 1. The number of ketones is 1. The number of carbonyl (C=O) groups excluding carboxylic acids is 2. The van der Waals surface area contributed by atoms with Crippen molar-refractivity contribution in [2.45, 2.75) is 31.6 Å². The number of anilines is 2. The van der Waals surface area contributed by atoms with Crippen molar-refractivity contribution in [3.05, 3.63) is 82.7 Å². The van der Waals surface area contributed by atoms with Crippen LogP contribution in [0.25, 0.3) is 5.69 Å². The van der Waals surface area contributed by atoms with E-state index >= 15 is 0 Å². The maximum Gasteiger partial charge on any atom is 0.244 e. The predicted molar refractivity (Wildman–Crippen MR) is 114 cm³/mol. The Bertz CT molecular complexity index is 1270. The summed E-state index contributed by atoms with van der Waals surface area (Å²) in [6, 6.07) is 17.5. The lowest BCUT2D eigenvalue weighted by Crippen LogP contribution is -2.46. The summed E-state index contributed by atoms with van der Waals surface area (Å²) in [5.41, 5.74) is 4.25. The molecule has 6 nitrogen and oxygen atoms in total. The minimum absolute atomic E-state index is 0.0353. The van der Waals surface area contributed by atoms with Crippen molar-refractivity contribution in [1.29, 1.82) is 0 Å². The highest BCUT2D eigenvalue weighted by Gasteiger charge is 2.59. The van der Waals surface area contributed by atoms with E-state index in [2.05, 4.69) is 10.6 Å². The highest BCUT2D eigenvalue weighted by atomic mass is 16.2. The lowest BCUT2D eigenvalue weighted by atomic mass is 9.64. The van der Waals surface area contributed by atoms with Crippen LogP contribution in [0.1, 0.15) is 36.1 Å². The molecule has 2 aromatic carbocycles. The van der Waals surface area contributed by atoms with Gasteiger partial charge in [-0.15, -0.1) is 0 Å². The molecule has 0 radical (unpaired) electrons. The number of benzene rings is 2. The first-order valence-corrected chi connectivity index (χ1v) is 10.2. The van der Waals surface area contributed by atoms with E-state index in [1.807, 2.05) is 66.2 Å². The molecular formula is C24H20N4O2. The van der Waals surface area contributed by atoms with Crippen molar-refractivity contribution in [3.8, 4) is 5.69 Å². The first-order valence-electron chi connectivity index (χ1n) is 10.2. The summed E-state index contributed by atoms with van der Waals surface area (Å²) in [4.78, 5) is 26.9. The monoisotopic (exact) mass is 396 g/mol. The van der Waals surface area contributed by atoms with Gasteiger partial charge in [-0.05, 0) is 38.0 Å². The molecule has 0 saturated carbocycles. The van der Waals surface area contributed by atoms with Gasteiger partial charge in [0.2, 0.25) is 5.91 Å². The summed E-state index contributed by atoms with van der Waals surface area (Å²) in [7, 11) is 0. The molecular weight excluding hydrogens is 376 g/mol. The number of nitrogens with one attached hydrogen (secondary N) is 2. The number of hydrogen-bond acceptors (Lipinski definition) is 4. The van der Waals surface area contributed by atoms with Crippen LogP contribution in [-0.2, 0) is 15.0 Å². The van der Waals surface area contributed by atoms with Gasteiger partial charge in [-0.1, -0.05) is 36.4 Å². The molecule has 1 spiro atoms. The largest absolute Gasteiger partial charge is 0.343 e. The minimum Gasteiger partial charge on any atom is -0.343 e. The van der Waals surface area contributed by atoms with Gasteiger partial charge in [0, 0.05) is 34.5 Å². The number of aromatic nitrogens is 2. The summed E-state index contributed by atoms with van der Waals surface area (Å²) in [6.07, 6.45) is 1.97. The van der Waals surface area contributed by atoms with E-state index in [1.54, 1.807) is 0 Å². The van der Waals surface area contributed by atoms with E-state index < -0.39 is 5.41 Å². The number of aryl methyl sites for hydroxylation is 1. The third-order valence-corrected chi connectivity index (χ3v) is 6.41. The molecule has 6 heteroatoms. The fourth-order valence-corrected chi connectivity index (χ4v) is 5.27. The van der Waals surface area contributed by atoms with Crippen molar-refractivity contribution in [2.24, 2.45) is 0 Å². The number of para-hydroxylation sites is 2. The maximum absolute atomic E-state index is 13.7. The van der Waals surface area contributed by atoms with Crippen LogP contribution in [0.2, 0.25) is 0 Å². The van der Waals surface area contributed by atoms with Crippen LogP contribution in [0.3, 0.4) is 0 Å². The Balaban J connectivity index is 1.73. The highest BCUT2D eigenvalue weighted by molar-refractivity contribution is 6.20. The third kappa shape index (κ3) is 2.00. The van der Waals surface area contributed by atoms with Crippen LogP contribution in [0.4, 0.5) is 11.5 Å². The molecule has 1 aliphatic carbocycles. The first-order chi connectivity index (χ1) is 14.6. The zero-order chi connectivity index (χ0) is 20.5. The van der Waals surface area contributed by atoms with Crippen molar-refractivity contribution in [2.75, 3.05) is 10.6 Å². The molecule has 2 aliphatic heterocycles. The molecule has 3 aliphatic rings. The first kappa shape index (κ1) is 17.2. The molecule has 6 rings (SSSR count). The Morgan fingerprint density at radius 2 is 1.73 bits per heavy atom. The molecule has 0 fully saturated rings. The summed E-state index contributed by atoms with van der Waals surface area (Å²) in [5, 5.41) is 11.3. The summed E-state index contributed by atoms with van der Waals surface area (Å²) >= 11 is 0. The smallest absolute Gasteiger partial charge is 0.244 e. The summed E-state index contributed by atoms with van der Waals surface area (Å²) < 4.78 is 1.85. The Morgan fingerprint density at radius 1 is 0.967 bits per heavy atom. The molecule has 1 amide bonds. The van der Waals surface area contributed by atoms with E-state index in [1.165, 1.54) is 0 Å². The third-order valence-electron chi connectivity index (χ3n) is 6.41. The van der Waals surface area contributed by atoms with Gasteiger partial charge in [0.05, 0.1) is 11.4 Å². The van der Waals surface area contributed by atoms with Crippen LogP contribution in [-0.4, -0.2) is 21.5 Å². The second kappa shape index (κ2) is 5.92. The van der Waals surface area contributed by atoms with Crippen LogP contribution < -0.4 is 10.6 Å². The lowest BCUT2D eigenvalue weighted by molar-refractivity contribution is -0.122.